The van der Waals surface area contributed by atoms with E-state index >= 15 is 0 Å². The molecule has 0 saturated heterocycles. The summed E-state index contributed by atoms with van der Waals surface area (Å²) in [6, 6.07) is 0. The summed E-state index contributed by atoms with van der Waals surface area (Å²) in [6.45, 7) is 17.2. The first-order valence-electron chi connectivity index (χ1n) is 6.02. The second-order valence-electron chi connectivity index (χ2n) is 6.49. The smallest absolute Gasteiger partial charge is 0.0591 e. The molecule has 0 heterocycles. The fourth-order valence-electron chi connectivity index (χ4n) is 0.707. The predicted molar refractivity (Wildman–Crippen MR) is 71.9 cm³/mol. The van der Waals surface area contributed by atoms with Gasteiger partial charge in [-0.1, -0.05) is 41.5 Å². The summed E-state index contributed by atoms with van der Waals surface area (Å²) in [4.78, 5) is 0. The Bertz CT molecular complexity index is 143. The highest BCUT2D eigenvalue weighted by Crippen LogP contribution is 2.20. The molecule has 100 valence electrons. The summed E-state index contributed by atoms with van der Waals surface area (Å²) in [7, 11) is 3.49. The van der Waals surface area contributed by atoms with Crippen LogP contribution in [0.5, 0.6) is 0 Å². The molecule has 0 rings (SSSR count). The first-order valence-corrected chi connectivity index (χ1v) is 6.02. The van der Waals surface area contributed by atoms with E-state index in [1.165, 1.54) is 0 Å². The van der Waals surface area contributed by atoms with Crippen LogP contribution in [0.4, 0.5) is 0 Å². The van der Waals surface area contributed by atoms with E-state index in [-0.39, 0.29) is 10.8 Å². The maximum absolute atomic E-state index is 5.11. The molecular weight excluding hydrogens is 200 g/mol. The number of ether oxygens (including phenoxy) is 2. The summed E-state index contributed by atoms with van der Waals surface area (Å²) in [5.41, 5.74) is 0.573. The van der Waals surface area contributed by atoms with Crippen LogP contribution >= 0.6 is 0 Å². The summed E-state index contributed by atoms with van der Waals surface area (Å²) in [5.74, 6) is 0. The third kappa shape index (κ3) is 9.17. The molecule has 0 spiro atoms. The first kappa shape index (κ1) is 18.3. The molecule has 16 heavy (non-hydrogen) atoms. The van der Waals surface area contributed by atoms with Gasteiger partial charge in [0.1, 0.15) is 0 Å². The molecule has 0 N–H and O–H groups in total. The van der Waals surface area contributed by atoms with Crippen molar-refractivity contribution in [1.29, 1.82) is 0 Å². The number of hydrogen-bond acceptors (Lipinski definition) is 2. The van der Waals surface area contributed by atoms with Crippen molar-refractivity contribution in [2.45, 2.75) is 67.6 Å². The zero-order chi connectivity index (χ0) is 13.6. The third-order valence-corrected chi connectivity index (χ3v) is 3.15. The maximum Gasteiger partial charge on any atom is 0.0591 e. The molecule has 0 amide bonds. The van der Waals surface area contributed by atoms with Gasteiger partial charge in [0.05, 0.1) is 12.2 Å². The van der Waals surface area contributed by atoms with Gasteiger partial charge in [-0.15, -0.1) is 0 Å². The fraction of sp³-hybridized carbons (Fsp3) is 1.00. The lowest BCUT2D eigenvalue weighted by Gasteiger charge is -2.25. The lowest BCUT2D eigenvalue weighted by atomic mass is 9.90. The largest absolute Gasteiger partial charge is 0.381 e. The monoisotopic (exact) mass is 232 g/mol. The van der Waals surface area contributed by atoms with Crippen LogP contribution in [0.3, 0.4) is 0 Å². The summed E-state index contributed by atoms with van der Waals surface area (Å²) < 4.78 is 10.2. The minimum Gasteiger partial charge on any atom is -0.381 e. The number of rotatable bonds is 2. The zero-order valence-electron chi connectivity index (χ0n) is 13.0. The average molecular weight is 232 g/mol. The molecule has 0 unspecified atom stereocenters. The highest BCUT2D eigenvalue weighted by atomic mass is 16.5. The summed E-state index contributed by atoms with van der Waals surface area (Å²) >= 11 is 0. The quantitative estimate of drug-likeness (QED) is 0.712. The molecule has 2 heteroatoms. The second-order valence-corrected chi connectivity index (χ2v) is 6.49. The fourth-order valence-corrected chi connectivity index (χ4v) is 0.707. The van der Waals surface area contributed by atoms with Gasteiger partial charge < -0.3 is 9.47 Å². The Morgan fingerprint density at radius 3 is 0.812 bits per heavy atom. The molecule has 0 radical (unpaired) electrons. The van der Waals surface area contributed by atoms with E-state index in [1.54, 1.807) is 14.2 Å². The molecule has 0 aromatic rings. The Morgan fingerprint density at radius 2 is 0.812 bits per heavy atom. The lowest BCUT2D eigenvalue weighted by molar-refractivity contribution is 0.0314. The zero-order valence-corrected chi connectivity index (χ0v) is 13.0. The van der Waals surface area contributed by atoms with Crippen molar-refractivity contribution in [3.05, 3.63) is 0 Å². The third-order valence-electron chi connectivity index (χ3n) is 3.15. The molecule has 2 atom stereocenters. The molecular formula is C14H32O2. The van der Waals surface area contributed by atoms with Crippen LogP contribution in [0.25, 0.3) is 0 Å². The van der Waals surface area contributed by atoms with Gasteiger partial charge in [0, 0.05) is 14.2 Å². The second kappa shape index (κ2) is 7.29. The van der Waals surface area contributed by atoms with Gasteiger partial charge in [0.25, 0.3) is 0 Å². The van der Waals surface area contributed by atoms with Gasteiger partial charge >= 0.3 is 0 Å². The SMILES string of the molecule is CO[C@@H](C)C(C)(C)C.CO[C@H](C)C(C)(C)C. The summed E-state index contributed by atoms with van der Waals surface area (Å²) in [5, 5.41) is 0. The van der Waals surface area contributed by atoms with Crippen LogP contribution in [-0.2, 0) is 9.47 Å². The van der Waals surface area contributed by atoms with Crippen LogP contribution in [0.2, 0.25) is 0 Å². The minimum absolute atomic E-state index is 0.286. The molecule has 0 bridgehead atoms. The standard InChI is InChI=1S/2C7H16O/c2*1-6(8-5)7(2,3)4/h2*6H,1-5H3/t2*6-/m10/s1. The van der Waals surface area contributed by atoms with E-state index in [2.05, 4.69) is 55.4 Å². The molecule has 0 aliphatic heterocycles. The van der Waals surface area contributed by atoms with E-state index in [0.717, 1.165) is 0 Å². The predicted octanol–water partition coefficient (Wildman–Crippen LogP) is 4.13. The van der Waals surface area contributed by atoms with Gasteiger partial charge in [-0.3, -0.25) is 0 Å². The Labute approximate surface area is 103 Å². The molecule has 0 aromatic heterocycles. The van der Waals surface area contributed by atoms with Gasteiger partial charge in [-0.05, 0) is 24.7 Å². The summed E-state index contributed by atoms with van der Waals surface area (Å²) in [6.07, 6.45) is 0.699. The van der Waals surface area contributed by atoms with E-state index < -0.39 is 0 Å². The van der Waals surface area contributed by atoms with Gasteiger partial charge in [0.2, 0.25) is 0 Å². The Kier molecular flexibility index (Phi) is 8.33. The molecule has 0 aliphatic rings. The highest BCUT2D eigenvalue weighted by molar-refractivity contribution is 4.69. The highest BCUT2D eigenvalue weighted by Gasteiger charge is 2.18. The van der Waals surface area contributed by atoms with Gasteiger partial charge in [0.15, 0.2) is 0 Å². The van der Waals surface area contributed by atoms with E-state index in [4.69, 9.17) is 9.47 Å². The van der Waals surface area contributed by atoms with Crippen molar-refractivity contribution < 1.29 is 9.47 Å². The van der Waals surface area contributed by atoms with Crippen molar-refractivity contribution in [3.8, 4) is 0 Å². The minimum atomic E-state index is 0.286. The molecule has 0 aromatic carbocycles. The Morgan fingerprint density at radius 1 is 0.625 bits per heavy atom. The van der Waals surface area contributed by atoms with Crippen molar-refractivity contribution in [3.63, 3.8) is 0 Å². The average Bonchev–Trinajstić information content (AvgIpc) is 2.13. The molecule has 0 aliphatic carbocycles. The number of methoxy groups -OCH3 is 2. The molecule has 0 saturated carbocycles. The topological polar surface area (TPSA) is 18.5 Å². The molecule has 0 fully saturated rings. The lowest BCUT2D eigenvalue weighted by Crippen LogP contribution is -2.24. The van der Waals surface area contributed by atoms with E-state index in [9.17, 15) is 0 Å². The van der Waals surface area contributed by atoms with E-state index in [0.29, 0.717) is 12.2 Å². The maximum atomic E-state index is 5.11. The Balaban J connectivity index is 0. The van der Waals surface area contributed by atoms with Crippen molar-refractivity contribution >= 4 is 0 Å². The van der Waals surface area contributed by atoms with Gasteiger partial charge in [-0.25, -0.2) is 0 Å². The van der Waals surface area contributed by atoms with E-state index in [1.807, 2.05) is 0 Å². The van der Waals surface area contributed by atoms with Crippen LogP contribution in [0, 0.1) is 10.8 Å². The molecule has 2 nitrogen and oxygen atoms in total. The van der Waals surface area contributed by atoms with Crippen LogP contribution in [0.15, 0.2) is 0 Å². The van der Waals surface area contributed by atoms with Crippen LogP contribution in [0.1, 0.15) is 55.4 Å². The van der Waals surface area contributed by atoms with Gasteiger partial charge in [-0.2, -0.15) is 0 Å². The van der Waals surface area contributed by atoms with Crippen LogP contribution < -0.4 is 0 Å². The number of hydrogen-bond donors (Lipinski definition) is 0. The van der Waals surface area contributed by atoms with Crippen molar-refractivity contribution in [1.82, 2.24) is 0 Å². The van der Waals surface area contributed by atoms with Crippen molar-refractivity contribution in [2.24, 2.45) is 10.8 Å². The van der Waals surface area contributed by atoms with Crippen molar-refractivity contribution in [2.75, 3.05) is 14.2 Å². The first-order chi connectivity index (χ1) is 6.96. The normalized spacial score (nSPS) is 16.1. The Hall–Kier alpha value is -0.0800. The van der Waals surface area contributed by atoms with Crippen LogP contribution in [-0.4, -0.2) is 26.4 Å².